The molecule has 18 heavy (non-hydrogen) atoms. The monoisotopic (exact) mass is 272 g/mol. The predicted octanol–water partition coefficient (Wildman–Crippen LogP) is 6.70. The molecule has 1 rings (SSSR count). The molecule has 1 unspecified atom stereocenters. The van der Waals surface area contributed by atoms with E-state index in [9.17, 15) is 0 Å². The molecule has 0 aromatic heterocycles. The zero-order chi connectivity index (χ0) is 13.1. The molecular formula is C17H33Cl. The third kappa shape index (κ3) is 7.67. The zero-order valence-corrected chi connectivity index (χ0v) is 13.2. The van der Waals surface area contributed by atoms with Crippen LogP contribution in [0.25, 0.3) is 0 Å². The lowest BCUT2D eigenvalue weighted by molar-refractivity contribution is 0.467. The highest BCUT2D eigenvalue weighted by Gasteiger charge is 2.22. The first-order valence-electron chi connectivity index (χ1n) is 8.48. The number of unbranched alkanes of at least 4 members (excludes halogenated alkanes) is 8. The highest BCUT2D eigenvalue weighted by molar-refractivity contribution is 6.20. The van der Waals surface area contributed by atoms with Gasteiger partial charge in [0.05, 0.1) is 0 Å². The first-order valence-corrected chi connectivity index (χ1v) is 8.92. The van der Waals surface area contributed by atoms with E-state index in [1.807, 2.05) is 0 Å². The molecule has 1 aliphatic rings. The molecule has 0 bridgehead atoms. The van der Waals surface area contributed by atoms with Crippen LogP contribution < -0.4 is 0 Å². The SMILES string of the molecule is CCCCCCCCCCCC(Cl)C1CCCC1. The van der Waals surface area contributed by atoms with Gasteiger partial charge in [-0.2, -0.15) is 0 Å². The summed E-state index contributed by atoms with van der Waals surface area (Å²) in [4.78, 5) is 0. The van der Waals surface area contributed by atoms with E-state index in [2.05, 4.69) is 6.92 Å². The second-order valence-electron chi connectivity index (χ2n) is 6.18. The van der Waals surface area contributed by atoms with Crippen LogP contribution >= 0.6 is 11.6 Å². The molecule has 0 N–H and O–H groups in total. The van der Waals surface area contributed by atoms with Crippen molar-refractivity contribution >= 4 is 11.6 Å². The molecule has 1 aliphatic carbocycles. The first kappa shape index (κ1) is 16.3. The van der Waals surface area contributed by atoms with Gasteiger partial charge in [-0.15, -0.1) is 11.6 Å². The Bertz CT molecular complexity index is 172. The van der Waals surface area contributed by atoms with Gasteiger partial charge < -0.3 is 0 Å². The molecule has 0 aromatic carbocycles. The average molecular weight is 273 g/mol. The Morgan fingerprint density at radius 2 is 1.33 bits per heavy atom. The first-order chi connectivity index (χ1) is 8.84. The van der Waals surface area contributed by atoms with Crippen molar-refractivity contribution in [2.75, 3.05) is 0 Å². The van der Waals surface area contributed by atoms with Crippen molar-refractivity contribution in [1.29, 1.82) is 0 Å². The Morgan fingerprint density at radius 3 is 1.89 bits per heavy atom. The summed E-state index contributed by atoms with van der Waals surface area (Å²) in [5.74, 6) is 0.848. The van der Waals surface area contributed by atoms with E-state index in [4.69, 9.17) is 11.6 Å². The Labute approximate surface area is 120 Å². The second kappa shape index (κ2) is 11.1. The Hall–Kier alpha value is 0.290. The molecular weight excluding hydrogens is 240 g/mol. The van der Waals surface area contributed by atoms with E-state index < -0.39 is 0 Å². The van der Waals surface area contributed by atoms with Gasteiger partial charge in [-0.05, 0) is 25.2 Å². The number of alkyl halides is 1. The summed E-state index contributed by atoms with van der Waals surface area (Å²) in [7, 11) is 0. The minimum atomic E-state index is 0.483. The molecule has 0 aromatic rings. The largest absolute Gasteiger partial charge is 0.123 e. The van der Waals surface area contributed by atoms with Crippen LogP contribution in [-0.2, 0) is 0 Å². The molecule has 1 saturated carbocycles. The van der Waals surface area contributed by atoms with Gasteiger partial charge >= 0.3 is 0 Å². The summed E-state index contributed by atoms with van der Waals surface area (Å²) in [5.41, 5.74) is 0. The van der Waals surface area contributed by atoms with Gasteiger partial charge in [0.25, 0.3) is 0 Å². The van der Waals surface area contributed by atoms with Crippen molar-refractivity contribution in [2.24, 2.45) is 5.92 Å². The smallest absolute Gasteiger partial charge is 0.0364 e. The van der Waals surface area contributed by atoms with Gasteiger partial charge in [-0.25, -0.2) is 0 Å². The average Bonchev–Trinajstić information content (AvgIpc) is 2.90. The van der Waals surface area contributed by atoms with Crippen molar-refractivity contribution in [3.63, 3.8) is 0 Å². The van der Waals surface area contributed by atoms with Crippen LogP contribution in [0.3, 0.4) is 0 Å². The molecule has 0 amide bonds. The molecule has 1 fully saturated rings. The highest BCUT2D eigenvalue weighted by atomic mass is 35.5. The van der Waals surface area contributed by atoms with Gasteiger partial charge in [0.1, 0.15) is 0 Å². The Balaban J connectivity index is 1.80. The Morgan fingerprint density at radius 1 is 0.833 bits per heavy atom. The minimum Gasteiger partial charge on any atom is -0.123 e. The maximum atomic E-state index is 6.48. The molecule has 0 spiro atoms. The molecule has 0 aliphatic heterocycles. The van der Waals surface area contributed by atoms with E-state index in [0.717, 1.165) is 5.92 Å². The van der Waals surface area contributed by atoms with E-state index in [1.54, 1.807) is 0 Å². The highest BCUT2D eigenvalue weighted by Crippen LogP contribution is 2.32. The van der Waals surface area contributed by atoms with Crippen LogP contribution in [0.1, 0.15) is 96.8 Å². The summed E-state index contributed by atoms with van der Waals surface area (Å²) in [6.07, 6.45) is 19.7. The van der Waals surface area contributed by atoms with Crippen LogP contribution in [-0.4, -0.2) is 5.38 Å². The van der Waals surface area contributed by atoms with E-state index in [1.165, 1.54) is 89.9 Å². The fourth-order valence-corrected chi connectivity index (χ4v) is 3.61. The van der Waals surface area contributed by atoms with E-state index in [-0.39, 0.29) is 0 Å². The van der Waals surface area contributed by atoms with Gasteiger partial charge in [0.15, 0.2) is 0 Å². The predicted molar refractivity (Wildman–Crippen MR) is 83.4 cm³/mol. The van der Waals surface area contributed by atoms with Crippen LogP contribution in [0, 0.1) is 5.92 Å². The number of rotatable bonds is 11. The molecule has 108 valence electrons. The topological polar surface area (TPSA) is 0 Å². The van der Waals surface area contributed by atoms with Crippen LogP contribution in [0.5, 0.6) is 0 Å². The normalized spacial score (nSPS) is 18.3. The fourth-order valence-electron chi connectivity index (χ4n) is 3.20. The van der Waals surface area contributed by atoms with Crippen LogP contribution in [0.2, 0.25) is 0 Å². The maximum absolute atomic E-state index is 6.48. The van der Waals surface area contributed by atoms with Crippen molar-refractivity contribution in [3.8, 4) is 0 Å². The summed E-state index contributed by atoms with van der Waals surface area (Å²) in [5, 5.41) is 0.483. The summed E-state index contributed by atoms with van der Waals surface area (Å²) in [6.45, 7) is 2.28. The fraction of sp³-hybridized carbons (Fsp3) is 1.00. The lowest BCUT2D eigenvalue weighted by atomic mass is 9.98. The standard InChI is InChI=1S/C17H33Cl/c1-2-3-4-5-6-7-8-9-10-15-17(18)16-13-11-12-14-16/h16-17H,2-15H2,1H3. The van der Waals surface area contributed by atoms with Gasteiger partial charge in [-0.3, -0.25) is 0 Å². The molecule has 1 heteroatoms. The summed E-state index contributed by atoms with van der Waals surface area (Å²) < 4.78 is 0. The van der Waals surface area contributed by atoms with E-state index in [0.29, 0.717) is 5.38 Å². The zero-order valence-electron chi connectivity index (χ0n) is 12.4. The maximum Gasteiger partial charge on any atom is 0.0364 e. The van der Waals surface area contributed by atoms with E-state index >= 15 is 0 Å². The lowest BCUT2D eigenvalue weighted by Crippen LogP contribution is -2.10. The number of hydrogen-bond acceptors (Lipinski definition) is 0. The number of halogens is 1. The van der Waals surface area contributed by atoms with Crippen molar-refractivity contribution in [2.45, 2.75) is 102 Å². The Kier molecular flexibility index (Phi) is 10.1. The van der Waals surface area contributed by atoms with Gasteiger partial charge in [-0.1, -0.05) is 77.6 Å². The van der Waals surface area contributed by atoms with Crippen LogP contribution in [0.15, 0.2) is 0 Å². The van der Waals surface area contributed by atoms with Gasteiger partial charge in [0.2, 0.25) is 0 Å². The molecule has 1 atom stereocenters. The lowest BCUT2D eigenvalue weighted by Gasteiger charge is -2.16. The summed E-state index contributed by atoms with van der Waals surface area (Å²) >= 11 is 6.48. The second-order valence-corrected chi connectivity index (χ2v) is 6.74. The summed E-state index contributed by atoms with van der Waals surface area (Å²) in [6, 6.07) is 0. The van der Waals surface area contributed by atoms with Crippen molar-refractivity contribution in [3.05, 3.63) is 0 Å². The van der Waals surface area contributed by atoms with Gasteiger partial charge in [0, 0.05) is 5.38 Å². The molecule has 0 nitrogen and oxygen atoms in total. The minimum absolute atomic E-state index is 0.483. The molecule has 0 saturated heterocycles. The molecule has 0 heterocycles. The third-order valence-electron chi connectivity index (χ3n) is 4.49. The molecule has 0 radical (unpaired) electrons. The van der Waals surface area contributed by atoms with Crippen molar-refractivity contribution < 1.29 is 0 Å². The third-order valence-corrected chi connectivity index (χ3v) is 5.07. The van der Waals surface area contributed by atoms with Crippen LogP contribution in [0.4, 0.5) is 0 Å². The van der Waals surface area contributed by atoms with Crippen molar-refractivity contribution in [1.82, 2.24) is 0 Å². The number of hydrogen-bond donors (Lipinski definition) is 0. The quantitative estimate of drug-likeness (QED) is 0.290.